The van der Waals surface area contributed by atoms with E-state index in [1.54, 1.807) is 37.5 Å². The highest BCUT2D eigenvalue weighted by Crippen LogP contribution is 2.30. The number of benzene rings is 3. The Kier molecular flexibility index (Phi) is 8.42. The summed E-state index contributed by atoms with van der Waals surface area (Å²) in [5, 5.41) is 9.66. The second-order valence-electron chi connectivity index (χ2n) is 7.95. The van der Waals surface area contributed by atoms with E-state index in [4.69, 9.17) is 14.2 Å². The number of hydrogen-bond donors (Lipinski definition) is 0. The number of hydrogen-bond acceptors (Lipinski definition) is 5. The van der Waals surface area contributed by atoms with E-state index in [0.29, 0.717) is 11.3 Å². The Morgan fingerprint density at radius 1 is 1.00 bits per heavy atom. The molecule has 0 aromatic heterocycles. The minimum Gasteiger partial charge on any atom is -0.497 e. The maximum atomic E-state index is 14.3. The molecule has 3 aromatic carbocycles. The minimum absolute atomic E-state index is 0.0557. The van der Waals surface area contributed by atoms with Gasteiger partial charge in [-0.05, 0) is 47.9 Å². The van der Waals surface area contributed by atoms with Gasteiger partial charge in [0.05, 0.1) is 13.0 Å². The van der Waals surface area contributed by atoms with Crippen LogP contribution in [0.4, 0.5) is 4.39 Å². The van der Waals surface area contributed by atoms with Crippen molar-refractivity contribution < 1.29 is 23.4 Å². The SMILES string of the molecule is COc1ccc(C=CC(C(=O)OC(C#N)c2ccc(F)c(Oc3ccccc3)c2)C(C)C)cc1. The summed E-state index contributed by atoms with van der Waals surface area (Å²) in [5.41, 5.74) is 1.22. The number of esters is 1. The Hall–Kier alpha value is -4.11. The monoisotopic (exact) mass is 459 g/mol. The normalized spacial score (nSPS) is 12.7. The summed E-state index contributed by atoms with van der Waals surface area (Å²) in [7, 11) is 1.60. The number of methoxy groups -OCH3 is 1. The Labute approximate surface area is 199 Å². The minimum atomic E-state index is -1.21. The quantitative estimate of drug-likeness (QED) is 0.332. The Morgan fingerprint density at radius 3 is 2.32 bits per heavy atom. The molecule has 0 aliphatic heterocycles. The van der Waals surface area contributed by atoms with Crippen LogP contribution in [0.1, 0.15) is 31.1 Å². The van der Waals surface area contributed by atoms with Crippen molar-refractivity contribution in [3.8, 4) is 23.3 Å². The Morgan fingerprint density at radius 2 is 1.71 bits per heavy atom. The molecule has 0 saturated carbocycles. The molecule has 6 heteroatoms. The molecule has 0 fully saturated rings. The number of ether oxygens (including phenoxy) is 3. The maximum Gasteiger partial charge on any atom is 0.314 e. The lowest BCUT2D eigenvalue weighted by atomic mass is 9.94. The van der Waals surface area contributed by atoms with Crippen LogP contribution in [0.3, 0.4) is 0 Å². The standard InChI is InChI=1S/C28H26FNO4/c1-19(2)24(15-11-20-9-13-22(32-3)14-10-20)28(31)34-27(18-30)21-12-16-25(29)26(17-21)33-23-7-5-4-6-8-23/h4-17,19,24,27H,1-3H3. The molecule has 0 heterocycles. The second kappa shape index (κ2) is 11.7. The van der Waals surface area contributed by atoms with E-state index in [9.17, 15) is 14.4 Å². The summed E-state index contributed by atoms with van der Waals surface area (Å²) < 4.78 is 30.6. The first-order valence-corrected chi connectivity index (χ1v) is 10.9. The number of para-hydroxylation sites is 1. The summed E-state index contributed by atoms with van der Waals surface area (Å²) in [6.45, 7) is 3.80. The van der Waals surface area contributed by atoms with Gasteiger partial charge in [-0.1, -0.05) is 62.4 Å². The summed E-state index contributed by atoms with van der Waals surface area (Å²) in [4.78, 5) is 12.9. The van der Waals surface area contributed by atoms with Gasteiger partial charge >= 0.3 is 5.97 Å². The highest BCUT2D eigenvalue weighted by Gasteiger charge is 2.26. The zero-order chi connectivity index (χ0) is 24.5. The van der Waals surface area contributed by atoms with Crippen molar-refractivity contribution in [1.29, 1.82) is 5.26 Å². The number of rotatable bonds is 9. The lowest BCUT2D eigenvalue weighted by Gasteiger charge is -2.19. The van der Waals surface area contributed by atoms with Crippen LogP contribution >= 0.6 is 0 Å². The molecule has 0 saturated heterocycles. The first kappa shape index (κ1) is 24.5. The first-order valence-electron chi connectivity index (χ1n) is 10.9. The van der Waals surface area contributed by atoms with Crippen molar-refractivity contribution in [1.82, 2.24) is 0 Å². The first-order chi connectivity index (χ1) is 16.4. The highest BCUT2D eigenvalue weighted by atomic mass is 19.1. The van der Waals surface area contributed by atoms with Gasteiger partial charge < -0.3 is 14.2 Å². The van der Waals surface area contributed by atoms with Gasteiger partial charge in [-0.25, -0.2) is 4.39 Å². The lowest BCUT2D eigenvalue weighted by molar-refractivity contribution is -0.151. The molecule has 0 N–H and O–H groups in total. The van der Waals surface area contributed by atoms with Crippen LogP contribution in [-0.2, 0) is 9.53 Å². The van der Waals surface area contributed by atoms with Crippen LogP contribution in [0.5, 0.6) is 17.2 Å². The molecular formula is C28H26FNO4. The van der Waals surface area contributed by atoms with E-state index in [1.807, 2.05) is 56.3 Å². The molecule has 0 aliphatic carbocycles. The van der Waals surface area contributed by atoms with E-state index < -0.39 is 23.8 Å². The van der Waals surface area contributed by atoms with Gasteiger partial charge in [0.2, 0.25) is 6.10 Å². The van der Waals surface area contributed by atoms with Crippen molar-refractivity contribution in [2.45, 2.75) is 20.0 Å². The summed E-state index contributed by atoms with van der Waals surface area (Å²) in [5.74, 6) is -0.625. The molecule has 0 aliphatic rings. The number of carbonyl (C=O) groups excluding carboxylic acids is 1. The molecule has 3 aromatic rings. The van der Waals surface area contributed by atoms with E-state index >= 15 is 0 Å². The maximum absolute atomic E-state index is 14.3. The molecule has 0 spiro atoms. The molecule has 3 rings (SSSR count). The Bertz CT molecular complexity index is 1170. The van der Waals surface area contributed by atoms with Gasteiger partial charge in [-0.3, -0.25) is 4.79 Å². The van der Waals surface area contributed by atoms with Crippen LogP contribution in [0, 0.1) is 29.0 Å². The van der Waals surface area contributed by atoms with Gasteiger partial charge in [-0.2, -0.15) is 5.26 Å². The molecule has 5 nitrogen and oxygen atoms in total. The summed E-state index contributed by atoms with van der Waals surface area (Å²) in [6, 6.07) is 22.1. The third kappa shape index (κ3) is 6.46. The van der Waals surface area contributed by atoms with Crippen molar-refractivity contribution in [3.05, 3.63) is 95.8 Å². The zero-order valence-corrected chi connectivity index (χ0v) is 19.3. The van der Waals surface area contributed by atoms with Crippen molar-refractivity contribution >= 4 is 12.0 Å². The third-order valence-electron chi connectivity index (χ3n) is 5.18. The molecule has 174 valence electrons. The average Bonchev–Trinajstić information content (AvgIpc) is 2.85. The lowest BCUT2D eigenvalue weighted by Crippen LogP contribution is -2.22. The molecule has 0 bridgehead atoms. The third-order valence-corrected chi connectivity index (χ3v) is 5.18. The van der Waals surface area contributed by atoms with E-state index in [0.717, 1.165) is 11.3 Å². The fraction of sp³-hybridized carbons (Fsp3) is 0.214. The molecule has 34 heavy (non-hydrogen) atoms. The summed E-state index contributed by atoms with van der Waals surface area (Å²) in [6.07, 6.45) is 2.38. The van der Waals surface area contributed by atoms with Gasteiger partial charge in [0.15, 0.2) is 11.6 Å². The van der Waals surface area contributed by atoms with Crippen LogP contribution in [0.2, 0.25) is 0 Å². The van der Waals surface area contributed by atoms with Gasteiger partial charge in [0.1, 0.15) is 17.6 Å². The zero-order valence-electron chi connectivity index (χ0n) is 19.3. The van der Waals surface area contributed by atoms with E-state index in [2.05, 4.69) is 0 Å². The topological polar surface area (TPSA) is 68.5 Å². The Balaban J connectivity index is 1.76. The van der Waals surface area contributed by atoms with Crippen LogP contribution in [0.15, 0.2) is 78.9 Å². The van der Waals surface area contributed by atoms with E-state index in [-0.39, 0.29) is 11.7 Å². The van der Waals surface area contributed by atoms with Crippen molar-refractivity contribution in [2.24, 2.45) is 11.8 Å². The van der Waals surface area contributed by atoms with Gasteiger partial charge in [0, 0.05) is 5.56 Å². The molecule has 2 unspecified atom stereocenters. The van der Waals surface area contributed by atoms with Crippen LogP contribution < -0.4 is 9.47 Å². The average molecular weight is 460 g/mol. The predicted molar refractivity (Wildman–Crippen MR) is 128 cm³/mol. The number of carbonyl (C=O) groups is 1. The molecular weight excluding hydrogens is 433 g/mol. The van der Waals surface area contributed by atoms with Crippen LogP contribution in [0.25, 0.3) is 6.08 Å². The van der Waals surface area contributed by atoms with Crippen molar-refractivity contribution in [3.63, 3.8) is 0 Å². The number of nitrogens with zero attached hydrogens (tertiary/aromatic N) is 1. The largest absolute Gasteiger partial charge is 0.497 e. The highest BCUT2D eigenvalue weighted by molar-refractivity contribution is 5.76. The summed E-state index contributed by atoms with van der Waals surface area (Å²) >= 11 is 0. The molecule has 0 radical (unpaired) electrons. The fourth-order valence-corrected chi connectivity index (χ4v) is 3.24. The van der Waals surface area contributed by atoms with Gasteiger partial charge in [-0.15, -0.1) is 0 Å². The smallest absolute Gasteiger partial charge is 0.314 e. The van der Waals surface area contributed by atoms with Crippen LogP contribution in [-0.4, -0.2) is 13.1 Å². The molecule has 2 atom stereocenters. The van der Waals surface area contributed by atoms with Crippen molar-refractivity contribution in [2.75, 3.05) is 7.11 Å². The molecule has 0 amide bonds. The second-order valence-corrected chi connectivity index (χ2v) is 7.95. The van der Waals surface area contributed by atoms with E-state index in [1.165, 1.54) is 18.2 Å². The number of halogens is 1. The fourth-order valence-electron chi connectivity index (χ4n) is 3.24. The van der Waals surface area contributed by atoms with Gasteiger partial charge in [0.25, 0.3) is 0 Å². The number of nitriles is 1. The predicted octanol–water partition coefficient (Wildman–Crippen LogP) is 6.72.